The predicted octanol–water partition coefficient (Wildman–Crippen LogP) is 3.84. The molecule has 2 aromatic carbocycles. The lowest BCUT2D eigenvalue weighted by Gasteiger charge is -2.11. The first kappa shape index (κ1) is 19.6. The fourth-order valence-corrected chi connectivity index (χ4v) is 2.05. The van der Waals surface area contributed by atoms with Crippen molar-refractivity contribution < 1.29 is 18.7 Å². The van der Waals surface area contributed by atoms with Crippen LogP contribution in [0.3, 0.4) is 0 Å². The summed E-state index contributed by atoms with van der Waals surface area (Å²) in [5.41, 5.74) is 1.41. The van der Waals surface area contributed by atoms with Crippen LogP contribution >= 0.6 is 0 Å². The highest BCUT2D eigenvalue weighted by Crippen LogP contribution is 2.24. The van der Waals surface area contributed by atoms with Gasteiger partial charge in [0, 0.05) is 23.7 Å². The Kier molecular flexibility index (Phi) is 8.50. The number of methoxy groups -OCH3 is 2. The Labute approximate surface area is 142 Å². The summed E-state index contributed by atoms with van der Waals surface area (Å²) >= 11 is 0. The first-order valence-corrected chi connectivity index (χ1v) is 7.84. The molecule has 0 aliphatic carbocycles. The molecule has 130 valence electrons. The van der Waals surface area contributed by atoms with Gasteiger partial charge in [-0.25, -0.2) is 4.39 Å². The molecule has 0 spiro atoms. The highest BCUT2D eigenvalue weighted by molar-refractivity contribution is 5.97. The van der Waals surface area contributed by atoms with Crippen LogP contribution in [0.25, 0.3) is 0 Å². The SMILES string of the molecule is CC.COc1ccc(CNCC(=O)c2ccc(F)cc2)c(OC)c1. The van der Waals surface area contributed by atoms with Crippen LogP contribution in [0.2, 0.25) is 0 Å². The van der Waals surface area contributed by atoms with Gasteiger partial charge < -0.3 is 14.8 Å². The Bertz CT molecular complexity index is 642. The maximum atomic E-state index is 12.8. The molecule has 0 heterocycles. The van der Waals surface area contributed by atoms with E-state index in [2.05, 4.69) is 5.32 Å². The number of hydrogen-bond donors (Lipinski definition) is 1. The molecule has 0 amide bonds. The van der Waals surface area contributed by atoms with E-state index in [1.807, 2.05) is 26.0 Å². The molecule has 0 aromatic heterocycles. The van der Waals surface area contributed by atoms with Crippen molar-refractivity contribution >= 4 is 5.78 Å². The number of Topliss-reactive ketones (excluding diaryl/α,β-unsaturated/α-hetero) is 1. The first-order valence-electron chi connectivity index (χ1n) is 7.84. The van der Waals surface area contributed by atoms with E-state index >= 15 is 0 Å². The smallest absolute Gasteiger partial charge is 0.176 e. The van der Waals surface area contributed by atoms with Gasteiger partial charge in [-0.05, 0) is 30.3 Å². The van der Waals surface area contributed by atoms with Gasteiger partial charge in [0.15, 0.2) is 5.78 Å². The van der Waals surface area contributed by atoms with Crippen molar-refractivity contribution in [2.75, 3.05) is 20.8 Å². The van der Waals surface area contributed by atoms with E-state index in [4.69, 9.17) is 9.47 Å². The Morgan fingerprint density at radius 1 is 1.04 bits per heavy atom. The van der Waals surface area contributed by atoms with Crippen LogP contribution in [0.5, 0.6) is 11.5 Å². The molecular weight excluding hydrogens is 309 g/mol. The van der Waals surface area contributed by atoms with Gasteiger partial charge in [-0.3, -0.25) is 4.79 Å². The van der Waals surface area contributed by atoms with Crippen LogP contribution < -0.4 is 14.8 Å². The van der Waals surface area contributed by atoms with E-state index in [1.165, 1.54) is 24.3 Å². The summed E-state index contributed by atoms with van der Waals surface area (Å²) < 4.78 is 23.3. The van der Waals surface area contributed by atoms with Gasteiger partial charge in [-0.15, -0.1) is 0 Å². The third-order valence-corrected chi connectivity index (χ3v) is 3.26. The quantitative estimate of drug-likeness (QED) is 0.782. The van der Waals surface area contributed by atoms with Gasteiger partial charge in [0.05, 0.1) is 20.8 Å². The minimum absolute atomic E-state index is 0.0903. The molecule has 0 unspecified atom stereocenters. The van der Waals surface area contributed by atoms with Crippen molar-refractivity contribution in [1.29, 1.82) is 0 Å². The fraction of sp³-hybridized carbons (Fsp3) is 0.316. The molecule has 0 atom stereocenters. The minimum atomic E-state index is -0.354. The molecule has 0 bridgehead atoms. The molecule has 4 nitrogen and oxygen atoms in total. The zero-order valence-electron chi connectivity index (χ0n) is 14.6. The normalized spacial score (nSPS) is 9.71. The summed E-state index contributed by atoms with van der Waals surface area (Å²) in [6.45, 7) is 4.65. The number of hydrogen-bond acceptors (Lipinski definition) is 4. The number of ketones is 1. The number of rotatable bonds is 7. The Morgan fingerprint density at radius 2 is 1.71 bits per heavy atom. The van der Waals surface area contributed by atoms with Crippen molar-refractivity contribution in [3.05, 3.63) is 59.4 Å². The molecule has 0 aliphatic rings. The van der Waals surface area contributed by atoms with Gasteiger partial charge in [0.25, 0.3) is 0 Å². The molecule has 2 aromatic rings. The van der Waals surface area contributed by atoms with Crippen LogP contribution in [0, 0.1) is 5.82 Å². The summed E-state index contributed by atoms with van der Waals surface area (Å²) in [5.74, 6) is 0.962. The van der Waals surface area contributed by atoms with Crippen molar-refractivity contribution in [2.45, 2.75) is 20.4 Å². The summed E-state index contributed by atoms with van der Waals surface area (Å²) in [5, 5.41) is 3.06. The third kappa shape index (κ3) is 5.66. The molecule has 0 aliphatic heterocycles. The minimum Gasteiger partial charge on any atom is -0.497 e. The molecule has 0 saturated heterocycles. The molecule has 1 N–H and O–H groups in total. The maximum absolute atomic E-state index is 12.8. The van der Waals surface area contributed by atoms with Gasteiger partial charge in [0.1, 0.15) is 17.3 Å². The van der Waals surface area contributed by atoms with Crippen molar-refractivity contribution in [3.8, 4) is 11.5 Å². The van der Waals surface area contributed by atoms with Crippen LogP contribution in [-0.4, -0.2) is 26.5 Å². The lowest BCUT2D eigenvalue weighted by atomic mass is 10.1. The fourth-order valence-electron chi connectivity index (χ4n) is 2.05. The van der Waals surface area contributed by atoms with E-state index in [0.29, 0.717) is 23.6 Å². The molecule has 24 heavy (non-hydrogen) atoms. The highest BCUT2D eigenvalue weighted by Gasteiger charge is 2.08. The standard InChI is InChI=1S/C17H18FNO3.C2H6/c1-21-15-8-5-13(17(9-15)22-2)10-19-11-16(20)12-3-6-14(18)7-4-12;1-2/h3-9,19H,10-11H2,1-2H3;1-2H3. The second kappa shape index (κ2) is 10.4. The molecule has 0 radical (unpaired) electrons. The summed E-state index contributed by atoms with van der Waals surface area (Å²) in [6, 6.07) is 11.0. The van der Waals surface area contributed by atoms with Crippen molar-refractivity contribution in [3.63, 3.8) is 0 Å². The number of carbonyl (C=O) groups excluding carboxylic acids is 1. The topological polar surface area (TPSA) is 47.6 Å². The third-order valence-electron chi connectivity index (χ3n) is 3.26. The first-order chi connectivity index (χ1) is 11.6. The summed E-state index contributed by atoms with van der Waals surface area (Å²) in [4.78, 5) is 12.0. The van der Waals surface area contributed by atoms with Gasteiger partial charge >= 0.3 is 0 Å². The van der Waals surface area contributed by atoms with E-state index in [1.54, 1.807) is 20.3 Å². The van der Waals surface area contributed by atoms with Crippen LogP contribution in [0.1, 0.15) is 29.8 Å². The number of ether oxygens (including phenoxy) is 2. The summed E-state index contributed by atoms with van der Waals surface area (Å²) in [6.07, 6.45) is 0. The van der Waals surface area contributed by atoms with Crippen LogP contribution in [-0.2, 0) is 6.54 Å². The van der Waals surface area contributed by atoms with Crippen LogP contribution in [0.15, 0.2) is 42.5 Å². The maximum Gasteiger partial charge on any atom is 0.176 e. The highest BCUT2D eigenvalue weighted by atomic mass is 19.1. The van der Waals surface area contributed by atoms with E-state index in [-0.39, 0.29) is 18.1 Å². The van der Waals surface area contributed by atoms with Gasteiger partial charge in [-0.1, -0.05) is 19.9 Å². The van der Waals surface area contributed by atoms with Crippen molar-refractivity contribution in [2.24, 2.45) is 0 Å². The lowest BCUT2D eigenvalue weighted by Crippen LogP contribution is -2.22. The monoisotopic (exact) mass is 333 g/mol. The number of carbonyl (C=O) groups is 1. The molecule has 0 fully saturated rings. The second-order valence-electron chi connectivity index (χ2n) is 4.71. The average molecular weight is 333 g/mol. The van der Waals surface area contributed by atoms with Gasteiger partial charge in [-0.2, -0.15) is 0 Å². The zero-order valence-corrected chi connectivity index (χ0v) is 14.6. The largest absolute Gasteiger partial charge is 0.497 e. The number of benzene rings is 2. The number of halogens is 1. The lowest BCUT2D eigenvalue weighted by molar-refractivity contribution is 0.0990. The van der Waals surface area contributed by atoms with E-state index in [9.17, 15) is 9.18 Å². The van der Waals surface area contributed by atoms with Crippen molar-refractivity contribution in [1.82, 2.24) is 5.32 Å². The predicted molar refractivity (Wildman–Crippen MR) is 93.3 cm³/mol. The Hall–Kier alpha value is -2.40. The molecular formula is C19H24FNO3. The number of nitrogens with one attached hydrogen (secondary N) is 1. The van der Waals surface area contributed by atoms with E-state index < -0.39 is 0 Å². The Balaban J connectivity index is 0.00000139. The zero-order chi connectivity index (χ0) is 17.9. The average Bonchev–Trinajstić information content (AvgIpc) is 2.64. The molecule has 5 heteroatoms. The van der Waals surface area contributed by atoms with E-state index in [0.717, 1.165) is 5.56 Å². The van der Waals surface area contributed by atoms with Gasteiger partial charge in [0.2, 0.25) is 0 Å². The van der Waals surface area contributed by atoms with Crippen LogP contribution in [0.4, 0.5) is 4.39 Å². The molecule has 2 rings (SSSR count). The summed E-state index contributed by atoms with van der Waals surface area (Å²) in [7, 11) is 3.18. The second-order valence-corrected chi connectivity index (χ2v) is 4.71. The molecule has 0 saturated carbocycles. The Morgan fingerprint density at radius 3 is 2.29 bits per heavy atom.